The molecule has 0 saturated carbocycles. The molecule has 0 aliphatic rings. The second-order valence-corrected chi connectivity index (χ2v) is 7.67. The van der Waals surface area contributed by atoms with E-state index in [2.05, 4.69) is 76.5 Å². The van der Waals surface area contributed by atoms with Crippen LogP contribution >= 0.6 is 0 Å². The zero-order valence-electron chi connectivity index (χ0n) is 14.7. The molecule has 2 rings (SSSR count). The Kier molecular flexibility index (Phi) is 4.48. The van der Waals surface area contributed by atoms with Gasteiger partial charge < -0.3 is 9.88 Å². The van der Waals surface area contributed by atoms with Crippen LogP contribution in [0.15, 0.2) is 18.2 Å². The average Bonchev–Trinajstić information content (AvgIpc) is 2.60. The van der Waals surface area contributed by atoms with Crippen LogP contribution < -0.4 is 5.32 Å². The molecule has 21 heavy (non-hydrogen) atoms. The van der Waals surface area contributed by atoms with Crippen LogP contribution in [-0.2, 0) is 13.1 Å². The second-order valence-electron chi connectivity index (χ2n) is 7.67. The van der Waals surface area contributed by atoms with Crippen LogP contribution in [0.25, 0.3) is 10.9 Å². The minimum atomic E-state index is 0.156. The van der Waals surface area contributed by atoms with Gasteiger partial charge in [-0.15, -0.1) is 0 Å². The normalized spacial score (nSPS) is 12.6. The lowest BCUT2D eigenvalue weighted by atomic mass is 10.1. The Morgan fingerprint density at radius 3 is 2.38 bits per heavy atom. The maximum Gasteiger partial charge on any atom is 0.0485 e. The van der Waals surface area contributed by atoms with Crippen molar-refractivity contribution in [2.45, 2.75) is 67.1 Å². The maximum atomic E-state index is 3.57. The van der Waals surface area contributed by atoms with Crippen molar-refractivity contribution in [3.63, 3.8) is 0 Å². The van der Waals surface area contributed by atoms with Gasteiger partial charge in [-0.25, -0.2) is 0 Å². The highest BCUT2D eigenvalue weighted by Crippen LogP contribution is 2.27. The van der Waals surface area contributed by atoms with E-state index >= 15 is 0 Å². The molecule has 0 atom stereocenters. The molecule has 0 spiro atoms. The van der Waals surface area contributed by atoms with Crippen molar-refractivity contribution in [2.24, 2.45) is 5.92 Å². The fourth-order valence-electron chi connectivity index (χ4n) is 2.77. The summed E-state index contributed by atoms with van der Waals surface area (Å²) < 4.78 is 2.47. The molecule has 1 aromatic carbocycles. The Morgan fingerprint density at radius 2 is 1.81 bits per heavy atom. The van der Waals surface area contributed by atoms with E-state index in [4.69, 9.17) is 0 Å². The monoisotopic (exact) mass is 286 g/mol. The molecular formula is C19H30N2. The van der Waals surface area contributed by atoms with Crippen LogP contribution in [0, 0.1) is 19.8 Å². The van der Waals surface area contributed by atoms with E-state index in [0.29, 0.717) is 5.92 Å². The van der Waals surface area contributed by atoms with Crippen LogP contribution in [0.5, 0.6) is 0 Å². The smallest absolute Gasteiger partial charge is 0.0485 e. The molecule has 116 valence electrons. The third-order valence-electron chi connectivity index (χ3n) is 4.07. The van der Waals surface area contributed by atoms with Crippen molar-refractivity contribution in [3.05, 3.63) is 35.0 Å². The largest absolute Gasteiger partial charge is 0.344 e. The SMILES string of the molecule is Cc1c(C)n(CC(C)C)c2ccc(CNC(C)(C)C)cc12. The lowest BCUT2D eigenvalue weighted by molar-refractivity contribution is 0.424. The highest BCUT2D eigenvalue weighted by Gasteiger charge is 2.13. The van der Waals surface area contributed by atoms with E-state index in [1.807, 2.05) is 0 Å². The van der Waals surface area contributed by atoms with Crippen molar-refractivity contribution >= 4 is 10.9 Å². The number of rotatable bonds is 4. The molecule has 0 amide bonds. The van der Waals surface area contributed by atoms with Crippen LogP contribution in [-0.4, -0.2) is 10.1 Å². The highest BCUT2D eigenvalue weighted by molar-refractivity contribution is 5.86. The van der Waals surface area contributed by atoms with E-state index in [-0.39, 0.29) is 5.54 Å². The summed E-state index contributed by atoms with van der Waals surface area (Å²) in [6.07, 6.45) is 0. The van der Waals surface area contributed by atoms with Gasteiger partial charge in [-0.3, -0.25) is 0 Å². The summed E-state index contributed by atoms with van der Waals surface area (Å²) in [5.41, 5.74) is 5.71. The first-order chi connectivity index (χ1) is 9.69. The third kappa shape index (κ3) is 3.68. The number of nitrogens with zero attached hydrogens (tertiary/aromatic N) is 1. The lowest BCUT2D eigenvalue weighted by Gasteiger charge is -2.20. The summed E-state index contributed by atoms with van der Waals surface area (Å²) in [5.74, 6) is 0.668. The third-order valence-corrected chi connectivity index (χ3v) is 4.07. The molecule has 0 unspecified atom stereocenters. The van der Waals surface area contributed by atoms with Crippen LogP contribution in [0.1, 0.15) is 51.4 Å². The molecule has 0 aliphatic carbocycles. The summed E-state index contributed by atoms with van der Waals surface area (Å²) in [7, 11) is 0. The van der Waals surface area contributed by atoms with E-state index in [9.17, 15) is 0 Å². The van der Waals surface area contributed by atoms with Gasteiger partial charge in [0.1, 0.15) is 0 Å². The minimum absolute atomic E-state index is 0.156. The molecule has 0 radical (unpaired) electrons. The molecule has 2 aromatic rings. The van der Waals surface area contributed by atoms with Crippen molar-refractivity contribution in [1.29, 1.82) is 0 Å². The Labute approximate surface area is 129 Å². The first-order valence-electron chi connectivity index (χ1n) is 8.02. The van der Waals surface area contributed by atoms with E-state index < -0.39 is 0 Å². The average molecular weight is 286 g/mol. The molecule has 1 N–H and O–H groups in total. The maximum absolute atomic E-state index is 3.57. The zero-order valence-corrected chi connectivity index (χ0v) is 14.7. The van der Waals surface area contributed by atoms with Gasteiger partial charge in [0.05, 0.1) is 0 Å². The summed E-state index contributed by atoms with van der Waals surface area (Å²) in [6.45, 7) is 17.7. The number of aryl methyl sites for hydroxylation is 1. The van der Waals surface area contributed by atoms with Gasteiger partial charge in [-0.05, 0) is 63.8 Å². The molecule has 0 saturated heterocycles. The predicted octanol–water partition coefficient (Wildman–Crippen LogP) is 4.80. The van der Waals surface area contributed by atoms with Crippen molar-refractivity contribution in [3.8, 4) is 0 Å². The molecular weight excluding hydrogens is 256 g/mol. The molecule has 1 heterocycles. The fraction of sp³-hybridized carbons (Fsp3) is 0.579. The molecule has 2 heteroatoms. The molecule has 0 fully saturated rings. The number of benzene rings is 1. The van der Waals surface area contributed by atoms with Gasteiger partial charge in [0.15, 0.2) is 0 Å². The Morgan fingerprint density at radius 1 is 1.14 bits per heavy atom. The molecule has 1 aromatic heterocycles. The number of nitrogens with one attached hydrogen (secondary N) is 1. The van der Waals surface area contributed by atoms with Gasteiger partial charge in [0.25, 0.3) is 0 Å². The van der Waals surface area contributed by atoms with E-state index in [1.54, 1.807) is 0 Å². The molecule has 0 bridgehead atoms. The Hall–Kier alpha value is -1.28. The first-order valence-corrected chi connectivity index (χ1v) is 8.02. The van der Waals surface area contributed by atoms with E-state index in [0.717, 1.165) is 13.1 Å². The van der Waals surface area contributed by atoms with Crippen molar-refractivity contribution in [2.75, 3.05) is 0 Å². The number of hydrogen-bond acceptors (Lipinski definition) is 1. The first kappa shape index (κ1) is 16.1. The van der Waals surface area contributed by atoms with Gasteiger partial charge >= 0.3 is 0 Å². The van der Waals surface area contributed by atoms with Crippen molar-refractivity contribution < 1.29 is 0 Å². The van der Waals surface area contributed by atoms with Crippen molar-refractivity contribution in [1.82, 2.24) is 9.88 Å². The van der Waals surface area contributed by atoms with Crippen LogP contribution in [0.4, 0.5) is 0 Å². The fourth-order valence-corrected chi connectivity index (χ4v) is 2.77. The zero-order chi connectivity index (χ0) is 15.8. The molecule has 2 nitrogen and oxygen atoms in total. The Bertz CT molecular complexity index is 627. The molecule has 0 aliphatic heterocycles. The number of aromatic nitrogens is 1. The summed E-state index contributed by atoms with van der Waals surface area (Å²) >= 11 is 0. The van der Waals surface area contributed by atoms with E-state index in [1.165, 1.54) is 27.7 Å². The summed E-state index contributed by atoms with van der Waals surface area (Å²) in [4.78, 5) is 0. The lowest BCUT2D eigenvalue weighted by Crippen LogP contribution is -2.35. The Balaban J connectivity index is 2.38. The van der Waals surface area contributed by atoms with Gasteiger partial charge in [0, 0.05) is 35.2 Å². The van der Waals surface area contributed by atoms with Crippen LogP contribution in [0.2, 0.25) is 0 Å². The predicted molar refractivity (Wildman–Crippen MR) is 92.8 cm³/mol. The topological polar surface area (TPSA) is 17.0 Å². The summed E-state index contributed by atoms with van der Waals surface area (Å²) in [6, 6.07) is 6.90. The van der Waals surface area contributed by atoms with Gasteiger partial charge in [0.2, 0.25) is 0 Å². The van der Waals surface area contributed by atoms with Crippen LogP contribution in [0.3, 0.4) is 0 Å². The quantitative estimate of drug-likeness (QED) is 0.854. The van der Waals surface area contributed by atoms with Gasteiger partial charge in [-0.2, -0.15) is 0 Å². The number of hydrogen-bond donors (Lipinski definition) is 1. The second kappa shape index (κ2) is 5.84. The highest BCUT2D eigenvalue weighted by atomic mass is 15.0. The van der Waals surface area contributed by atoms with Gasteiger partial charge in [-0.1, -0.05) is 19.9 Å². The minimum Gasteiger partial charge on any atom is -0.344 e. The number of fused-ring (bicyclic) bond motifs is 1. The standard InChI is InChI=1S/C19H30N2/c1-13(2)12-21-15(4)14(3)17-10-16(8-9-18(17)21)11-20-19(5,6)7/h8-10,13,20H,11-12H2,1-7H3. The summed E-state index contributed by atoms with van der Waals surface area (Å²) in [5, 5.41) is 4.97.